The number of benzene rings is 1. The monoisotopic (exact) mass is 368 g/mol. The van der Waals surface area contributed by atoms with Crippen LogP contribution in [0.5, 0.6) is 5.75 Å². The second-order valence-electron chi connectivity index (χ2n) is 6.28. The average molecular weight is 368 g/mol. The van der Waals surface area contributed by atoms with E-state index < -0.39 is 11.8 Å². The number of amides is 2. The standard InChI is InChI=1S/C20H24N4O3/c1-27-17-7-3-2-6-16(17)9-11-22-19(25)20(26)24-14-12-23(13-15-24)18-8-4-5-10-21-18/h2-8,10H,9,11-15H2,1H3,(H,22,25). The zero-order chi connectivity index (χ0) is 19.1. The Labute approximate surface area is 158 Å². The fourth-order valence-electron chi connectivity index (χ4n) is 3.12. The molecule has 1 fully saturated rings. The fraction of sp³-hybridized carbons (Fsp3) is 0.350. The molecule has 2 amide bonds. The van der Waals surface area contributed by atoms with Crippen LogP contribution in [0.2, 0.25) is 0 Å². The van der Waals surface area contributed by atoms with E-state index in [2.05, 4.69) is 15.2 Å². The van der Waals surface area contributed by atoms with Gasteiger partial charge in [-0.15, -0.1) is 0 Å². The van der Waals surface area contributed by atoms with Gasteiger partial charge in [-0.25, -0.2) is 4.98 Å². The van der Waals surface area contributed by atoms with E-state index in [9.17, 15) is 9.59 Å². The minimum Gasteiger partial charge on any atom is -0.496 e. The van der Waals surface area contributed by atoms with E-state index in [0.717, 1.165) is 17.1 Å². The van der Waals surface area contributed by atoms with E-state index >= 15 is 0 Å². The number of carbonyl (C=O) groups excluding carboxylic acids is 2. The van der Waals surface area contributed by atoms with Crippen molar-refractivity contribution >= 4 is 17.6 Å². The molecular formula is C20H24N4O3. The molecule has 7 heteroatoms. The molecule has 0 spiro atoms. The molecule has 1 aromatic heterocycles. The first-order valence-electron chi connectivity index (χ1n) is 9.04. The van der Waals surface area contributed by atoms with Crippen LogP contribution in [-0.2, 0) is 16.0 Å². The van der Waals surface area contributed by atoms with Crippen molar-refractivity contribution < 1.29 is 14.3 Å². The van der Waals surface area contributed by atoms with Crippen LogP contribution in [-0.4, -0.2) is 61.5 Å². The van der Waals surface area contributed by atoms with Crippen molar-refractivity contribution in [3.8, 4) is 5.75 Å². The molecule has 0 radical (unpaired) electrons. The molecule has 0 saturated carbocycles. The third kappa shape index (κ3) is 4.75. The van der Waals surface area contributed by atoms with Crippen LogP contribution in [0, 0.1) is 0 Å². The van der Waals surface area contributed by atoms with E-state index in [4.69, 9.17) is 4.74 Å². The molecule has 1 aliphatic rings. The van der Waals surface area contributed by atoms with E-state index in [1.54, 1.807) is 18.2 Å². The molecule has 0 bridgehead atoms. The molecule has 1 saturated heterocycles. The Bertz CT molecular complexity index is 774. The van der Waals surface area contributed by atoms with Crippen molar-refractivity contribution in [1.29, 1.82) is 0 Å². The summed E-state index contributed by atoms with van der Waals surface area (Å²) >= 11 is 0. The van der Waals surface area contributed by atoms with Crippen LogP contribution in [0.15, 0.2) is 48.7 Å². The summed E-state index contributed by atoms with van der Waals surface area (Å²) in [6, 6.07) is 13.4. The van der Waals surface area contributed by atoms with Crippen molar-refractivity contribution in [2.45, 2.75) is 6.42 Å². The van der Waals surface area contributed by atoms with Gasteiger partial charge in [-0.2, -0.15) is 0 Å². The van der Waals surface area contributed by atoms with Gasteiger partial charge in [0.1, 0.15) is 11.6 Å². The van der Waals surface area contributed by atoms with Crippen LogP contribution < -0.4 is 15.0 Å². The van der Waals surface area contributed by atoms with E-state index in [1.807, 2.05) is 42.5 Å². The Morgan fingerprint density at radius 1 is 1.07 bits per heavy atom. The molecule has 7 nitrogen and oxygen atoms in total. The Balaban J connectivity index is 1.45. The van der Waals surface area contributed by atoms with Crippen LogP contribution in [0.3, 0.4) is 0 Å². The third-order valence-electron chi connectivity index (χ3n) is 4.61. The van der Waals surface area contributed by atoms with Crippen molar-refractivity contribution in [1.82, 2.24) is 15.2 Å². The molecule has 0 aliphatic carbocycles. The number of para-hydroxylation sites is 1. The second kappa shape index (κ2) is 9.02. The lowest BCUT2D eigenvalue weighted by molar-refractivity contribution is -0.146. The molecule has 2 aromatic rings. The molecule has 0 unspecified atom stereocenters. The number of piperazine rings is 1. The number of carbonyl (C=O) groups is 2. The highest BCUT2D eigenvalue weighted by atomic mass is 16.5. The predicted molar refractivity (Wildman–Crippen MR) is 103 cm³/mol. The highest BCUT2D eigenvalue weighted by Gasteiger charge is 2.26. The van der Waals surface area contributed by atoms with Crippen LogP contribution in [0.4, 0.5) is 5.82 Å². The van der Waals surface area contributed by atoms with Crippen molar-refractivity contribution in [2.24, 2.45) is 0 Å². The van der Waals surface area contributed by atoms with Crippen LogP contribution >= 0.6 is 0 Å². The highest BCUT2D eigenvalue weighted by Crippen LogP contribution is 2.17. The molecular weight excluding hydrogens is 344 g/mol. The van der Waals surface area contributed by atoms with E-state index in [0.29, 0.717) is 39.1 Å². The van der Waals surface area contributed by atoms with Gasteiger partial charge >= 0.3 is 11.8 Å². The molecule has 1 aromatic carbocycles. The summed E-state index contributed by atoms with van der Waals surface area (Å²) < 4.78 is 5.29. The molecule has 2 heterocycles. The van der Waals surface area contributed by atoms with Crippen molar-refractivity contribution in [3.05, 3.63) is 54.2 Å². The summed E-state index contributed by atoms with van der Waals surface area (Å²) in [6.07, 6.45) is 2.36. The van der Waals surface area contributed by atoms with Gasteiger partial charge in [0.05, 0.1) is 7.11 Å². The van der Waals surface area contributed by atoms with Gasteiger partial charge in [0, 0.05) is 38.9 Å². The maximum atomic E-state index is 12.4. The number of methoxy groups -OCH3 is 1. The Morgan fingerprint density at radius 3 is 2.52 bits per heavy atom. The number of nitrogens with one attached hydrogen (secondary N) is 1. The summed E-state index contributed by atoms with van der Waals surface area (Å²) in [6.45, 7) is 2.73. The number of hydrogen-bond acceptors (Lipinski definition) is 5. The van der Waals surface area contributed by atoms with Gasteiger partial charge in [0.25, 0.3) is 0 Å². The molecule has 27 heavy (non-hydrogen) atoms. The first-order valence-corrected chi connectivity index (χ1v) is 9.04. The van der Waals surface area contributed by atoms with Gasteiger partial charge < -0.3 is 19.9 Å². The Kier molecular flexibility index (Phi) is 6.25. The smallest absolute Gasteiger partial charge is 0.312 e. The van der Waals surface area contributed by atoms with Gasteiger partial charge in [0.2, 0.25) is 0 Å². The van der Waals surface area contributed by atoms with Crippen LogP contribution in [0.25, 0.3) is 0 Å². The maximum absolute atomic E-state index is 12.4. The number of hydrogen-bond donors (Lipinski definition) is 1. The number of rotatable bonds is 5. The Hall–Kier alpha value is -3.09. The minimum absolute atomic E-state index is 0.388. The Morgan fingerprint density at radius 2 is 1.81 bits per heavy atom. The molecule has 1 aliphatic heterocycles. The highest BCUT2D eigenvalue weighted by molar-refractivity contribution is 6.35. The topological polar surface area (TPSA) is 74.8 Å². The number of pyridine rings is 1. The molecule has 3 rings (SSSR count). The quantitative estimate of drug-likeness (QED) is 0.800. The largest absolute Gasteiger partial charge is 0.496 e. The minimum atomic E-state index is -0.559. The maximum Gasteiger partial charge on any atom is 0.312 e. The molecule has 142 valence electrons. The molecule has 0 atom stereocenters. The lowest BCUT2D eigenvalue weighted by Gasteiger charge is -2.35. The number of nitrogens with zero attached hydrogens (tertiary/aromatic N) is 3. The first kappa shape index (κ1) is 18.7. The number of anilines is 1. The van der Waals surface area contributed by atoms with E-state index in [1.165, 1.54) is 0 Å². The summed E-state index contributed by atoms with van der Waals surface area (Å²) in [7, 11) is 1.62. The fourth-order valence-corrected chi connectivity index (χ4v) is 3.12. The lowest BCUT2D eigenvalue weighted by Crippen LogP contribution is -2.53. The zero-order valence-corrected chi connectivity index (χ0v) is 15.4. The number of aromatic nitrogens is 1. The third-order valence-corrected chi connectivity index (χ3v) is 4.61. The van der Waals surface area contributed by atoms with Gasteiger partial charge in [-0.05, 0) is 30.2 Å². The van der Waals surface area contributed by atoms with E-state index in [-0.39, 0.29) is 0 Å². The zero-order valence-electron chi connectivity index (χ0n) is 15.4. The SMILES string of the molecule is COc1ccccc1CCNC(=O)C(=O)N1CCN(c2ccccn2)CC1. The van der Waals surface area contributed by atoms with Gasteiger partial charge in [0.15, 0.2) is 0 Å². The summed E-state index contributed by atoms with van der Waals surface area (Å²) in [5.74, 6) is 0.640. The summed E-state index contributed by atoms with van der Waals surface area (Å²) in [5.41, 5.74) is 0.997. The van der Waals surface area contributed by atoms with Crippen molar-refractivity contribution in [2.75, 3.05) is 44.7 Å². The predicted octanol–water partition coefficient (Wildman–Crippen LogP) is 1.10. The van der Waals surface area contributed by atoms with Gasteiger partial charge in [-0.3, -0.25) is 9.59 Å². The second-order valence-corrected chi connectivity index (χ2v) is 6.28. The van der Waals surface area contributed by atoms with Crippen LogP contribution in [0.1, 0.15) is 5.56 Å². The summed E-state index contributed by atoms with van der Waals surface area (Å²) in [4.78, 5) is 32.6. The average Bonchev–Trinajstić information content (AvgIpc) is 2.74. The summed E-state index contributed by atoms with van der Waals surface area (Å²) in [5, 5.41) is 2.71. The lowest BCUT2D eigenvalue weighted by atomic mass is 10.1. The first-order chi connectivity index (χ1) is 13.2. The molecule has 1 N–H and O–H groups in total. The van der Waals surface area contributed by atoms with Crippen molar-refractivity contribution in [3.63, 3.8) is 0 Å². The normalized spacial score (nSPS) is 14.0. The van der Waals surface area contributed by atoms with Gasteiger partial charge in [-0.1, -0.05) is 24.3 Å². The number of ether oxygens (including phenoxy) is 1.